The second-order valence-corrected chi connectivity index (χ2v) is 39.6. The Kier molecular flexibility index (Phi) is 39.3. The number of nitrogens with zero attached hydrogens (tertiary/aromatic N) is 3. The fraction of sp³-hybridized carbons (Fsp3) is 0.493. The third-order valence-electron chi connectivity index (χ3n) is 17.7. The molecule has 9 rings (SSSR count). The molecule has 6 aromatic rings. The summed E-state index contributed by atoms with van der Waals surface area (Å²) in [5.74, 6) is -0.0217. The molecule has 0 fully saturated rings. The molecule has 0 aliphatic carbocycles. The standard InChI is InChI=1S/C49H60Cl4N2O9S2.C23H30Cl2N2O4S.C3Cl6O3/c1-54-31-44(42-27-37(50)29-48(52)46(42)33-54)35-9-3-13-40(25-35)65(57,58)23-7-17-63-21-19-61-15-5-11-39(56)12-6-16-62-20-22-64-18-8-24-66(59,60)41-14-4-10-36(26-41)45-32-55(2)34-47-43(45)28-38(51)30-49(47)53;1-27-15-21(20-13-18(24)14-23(25)22(20)16-27)17-4-2-5-19(12-17)32(28,29)11-3-7-30-9-10-31-8-6-26;4-2(5,6)11-1(10)12-3(7,8)9/h3-4,9-10,13-14,25-30,44-45H,5-8,11-12,15-24,31-34H2,1-2H3;2,4-5,12-14,21H,3,6-11,15-16,26H2,1H3;. The van der Waals surface area contributed by atoms with Crippen LogP contribution in [0.25, 0.3) is 0 Å². The van der Waals surface area contributed by atoms with Gasteiger partial charge in [-0.1, -0.05) is 106 Å². The lowest BCUT2D eigenvalue weighted by atomic mass is 9.85. The minimum atomic E-state index is -3.53. The fourth-order valence-electron chi connectivity index (χ4n) is 12.7. The summed E-state index contributed by atoms with van der Waals surface area (Å²) >= 11 is 68.7. The lowest BCUT2D eigenvalue weighted by molar-refractivity contribution is -0.119. The molecule has 3 heterocycles. The highest BCUT2D eigenvalue weighted by Gasteiger charge is 2.34. The van der Waals surface area contributed by atoms with Crippen LogP contribution >= 0.6 is 139 Å². The smallest absolute Gasteiger partial charge is 0.382 e. The largest absolute Gasteiger partial charge is 0.515 e. The summed E-state index contributed by atoms with van der Waals surface area (Å²) in [5.41, 5.74) is 14.3. The number of rotatable bonds is 37. The van der Waals surface area contributed by atoms with Gasteiger partial charge in [0.1, 0.15) is 5.78 Å². The van der Waals surface area contributed by atoms with Gasteiger partial charge in [0, 0.05) is 140 Å². The molecule has 0 radical (unpaired) electrons. The Morgan fingerprint density at radius 2 is 0.673 bits per heavy atom. The van der Waals surface area contributed by atoms with Gasteiger partial charge in [-0.05, 0) is 246 Å². The minimum absolute atomic E-state index is 0.00745. The van der Waals surface area contributed by atoms with Gasteiger partial charge in [0.15, 0.2) is 29.5 Å². The third kappa shape index (κ3) is 31.6. The summed E-state index contributed by atoms with van der Waals surface area (Å²) in [4.78, 5) is 30.3. The predicted octanol–water partition coefficient (Wildman–Crippen LogP) is 17.2. The van der Waals surface area contributed by atoms with Crippen LogP contribution in [0.15, 0.2) is 124 Å². The van der Waals surface area contributed by atoms with Crippen LogP contribution in [0.4, 0.5) is 4.79 Å². The molecule has 0 spiro atoms. The van der Waals surface area contributed by atoms with E-state index in [1.807, 2.05) is 57.5 Å². The molecule has 3 aliphatic rings. The van der Waals surface area contributed by atoms with E-state index in [1.54, 1.807) is 72.8 Å². The van der Waals surface area contributed by atoms with Crippen molar-refractivity contribution in [1.29, 1.82) is 0 Å². The Labute approximate surface area is 705 Å². The van der Waals surface area contributed by atoms with E-state index in [1.165, 1.54) is 0 Å². The number of hydrogen-bond donors (Lipinski definition) is 1. The molecule has 20 nitrogen and oxygen atoms in total. The summed E-state index contributed by atoms with van der Waals surface area (Å²) < 4.78 is 115. The summed E-state index contributed by atoms with van der Waals surface area (Å²) in [7, 11) is -4.41. The molecule has 0 aromatic heterocycles. The van der Waals surface area contributed by atoms with Gasteiger partial charge in [0.25, 0.3) is 0 Å². The number of halogens is 12. The Morgan fingerprint density at radius 3 is 0.945 bits per heavy atom. The number of ether oxygens (including phenoxy) is 8. The number of sulfone groups is 3. The second kappa shape index (κ2) is 45.8. The molecule has 3 atom stereocenters. The van der Waals surface area contributed by atoms with Gasteiger partial charge >= 0.3 is 14.1 Å². The number of ketones is 1. The summed E-state index contributed by atoms with van der Waals surface area (Å²) in [6.07, 6.45) is 1.75. The zero-order valence-corrected chi connectivity index (χ0v) is 72.4. The van der Waals surface area contributed by atoms with Crippen molar-refractivity contribution >= 4 is 181 Å². The van der Waals surface area contributed by atoms with Crippen molar-refractivity contribution in [2.75, 3.05) is 144 Å². The van der Waals surface area contributed by atoms with Crippen molar-refractivity contribution in [2.45, 2.75) is 105 Å². The van der Waals surface area contributed by atoms with E-state index in [0.29, 0.717) is 166 Å². The molecular weight excluding hydrogens is 1730 g/mol. The molecular formula is C75H90Cl12N4O16S3. The Bertz CT molecular complexity index is 4170. The SMILES string of the molecule is CN1Cc2c(Cl)cc(Cl)cc2C(c2cccc(S(=O)(=O)CCCOCCOCCCC(=O)CCCOCCOCCCS(=O)(=O)c3cccc(C4CN(C)Cc5c(Cl)cc(Cl)cc54)c3)c2)C1.CN1Cc2c(Cl)cc(Cl)cc2C(c2cccc(S(=O)(=O)CCCOCCOCCN)c2)C1.O=C(OC(Cl)(Cl)Cl)OC(Cl)(Cl)Cl. The van der Waals surface area contributed by atoms with Crippen LogP contribution in [0.3, 0.4) is 0 Å². The summed E-state index contributed by atoms with van der Waals surface area (Å²) in [6.45, 7) is 9.36. The van der Waals surface area contributed by atoms with Crippen molar-refractivity contribution < 1.29 is 72.7 Å². The molecule has 0 saturated carbocycles. The Morgan fingerprint density at radius 1 is 0.400 bits per heavy atom. The quantitative estimate of drug-likeness (QED) is 0.0216. The van der Waals surface area contributed by atoms with Gasteiger partial charge in [-0.15, -0.1) is 0 Å². The maximum absolute atomic E-state index is 13.2. The van der Waals surface area contributed by atoms with Crippen LogP contribution in [0.2, 0.25) is 30.1 Å². The molecule has 608 valence electrons. The van der Waals surface area contributed by atoms with E-state index in [4.69, 9.17) is 173 Å². The zero-order chi connectivity index (χ0) is 80.4. The average Bonchev–Trinajstić information content (AvgIpc) is 0.782. The van der Waals surface area contributed by atoms with E-state index >= 15 is 0 Å². The molecule has 35 heteroatoms. The van der Waals surface area contributed by atoms with E-state index in [2.05, 4.69) is 24.2 Å². The van der Waals surface area contributed by atoms with Gasteiger partial charge in [0.2, 0.25) is 0 Å². The molecule has 2 N–H and O–H groups in total. The lowest BCUT2D eigenvalue weighted by Crippen LogP contribution is -2.31. The van der Waals surface area contributed by atoms with Crippen LogP contribution in [-0.2, 0) is 91.8 Å². The first-order valence-electron chi connectivity index (χ1n) is 35.2. The van der Waals surface area contributed by atoms with E-state index in [0.717, 1.165) is 76.3 Å². The highest BCUT2D eigenvalue weighted by Crippen LogP contribution is 2.43. The van der Waals surface area contributed by atoms with Gasteiger partial charge < -0.3 is 58.3 Å². The van der Waals surface area contributed by atoms with Gasteiger partial charge in [-0.3, -0.25) is 4.79 Å². The Hall–Kier alpha value is -2.81. The molecule has 0 bridgehead atoms. The highest BCUT2D eigenvalue weighted by atomic mass is 35.6. The molecule has 3 unspecified atom stereocenters. The van der Waals surface area contributed by atoms with Crippen molar-refractivity contribution in [3.8, 4) is 0 Å². The second-order valence-electron chi connectivity index (χ2n) is 26.4. The highest BCUT2D eigenvalue weighted by molar-refractivity contribution is 7.92. The summed E-state index contributed by atoms with van der Waals surface area (Å²) in [5, 5.41) is 3.57. The molecule has 110 heavy (non-hydrogen) atoms. The first-order chi connectivity index (χ1) is 52.0. The summed E-state index contributed by atoms with van der Waals surface area (Å²) in [6, 6.07) is 32.5. The van der Waals surface area contributed by atoms with Crippen molar-refractivity contribution in [2.24, 2.45) is 5.73 Å². The monoisotopic (exact) mass is 1820 g/mol. The van der Waals surface area contributed by atoms with Crippen molar-refractivity contribution in [3.63, 3.8) is 0 Å². The van der Waals surface area contributed by atoms with Crippen LogP contribution in [0.5, 0.6) is 0 Å². The fourth-order valence-corrected chi connectivity index (χ4v) is 18.8. The van der Waals surface area contributed by atoms with E-state index in [9.17, 15) is 34.8 Å². The van der Waals surface area contributed by atoms with Gasteiger partial charge in [-0.2, -0.15) is 0 Å². The van der Waals surface area contributed by atoms with Crippen LogP contribution in [0.1, 0.15) is 113 Å². The molecule has 0 amide bonds. The number of alkyl halides is 6. The number of likely N-dealkylation sites (N-methyl/N-ethyl adjacent to an activating group) is 3. The van der Waals surface area contributed by atoms with Crippen LogP contribution in [-0.4, -0.2) is 204 Å². The maximum Gasteiger partial charge on any atom is 0.515 e. The van der Waals surface area contributed by atoms with E-state index < -0.39 is 43.6 Å². The molecule has 0 saturated heterocycles. The number of carbonyl (C=O) groups excluding carboxylic acids is 2. The predicted molar refractivity (Wildman–Crippen MR) is 439 cm³/mol. The number of hydrogen-bond acceptors (Lipinski definition) is 20. The topological polar surface area (TPSA) is 246 Å². The zero-order valence-electron chi connectivity index (χ0n) is 60.8. The number of nitrogens with two attached hydrogens (primary N) is 1. The average molecular weight is 1830 g/mol. The first-order valence-corrected chi connectivity index (χ1v) is 44.7. The van der Waals surface area contributed by atoms with Crippen molar-refractivity contribution in [1.82, 2.24) is 14.7 Å². The van der Waals surface area contributed by atoms with Gasteiger partial charge in [0.05, 0.1) is 78.2 Å². The maximum atomic E-state index is 13.2. The van der Waals surface area contributed by atoms with Gasteiger partial charge in [-0.25, -0.2) is 30.0 Å². The van der Waals surface area contributed by atoms with Crippen molar-refractivity contribution in [3.05, 3.63) is 189 Å². The third-order valence-corrected chi connectivity index (χ3v) is 25.2. The van der Waals surface area contributed by atoms with E-state index in [-0.39, 0.29) is 63.8 Å². The van der Waals surface area contributed by atoms with Crippen LogP contribution < -0.4 is 5.73 Å². The minimum Gasteiger partial charge on any atom is -0.382 e. The Balaban J connectivity index is 0.000000313. The molecule has 6 aromatic carbocycles. The lowest BCUT2D eigenvalue weighted by Gasteiger charge is -2.33. The number of carbonyl (C=O) groups is 2. The number of fused-ring (bicyclic) bond motifs is 3. The number of benzene rings is 6. The normalized spacial score (nSPS) is 16.4. The molecule has 3 aliphatic heterocycles. The first kappa shape index (κ1) is 94.3. The van der Waals surface area contributed by atoms with Crippen LogP contribution in [0, 0.1) is 0 Å². The number of Topliss-reactive ketones (excluding diaryl/α,β-unsaturated/α-hetero) is 1.